The first-order valence-electron chi connectivity index (χ1n) is 7.27. The summed E-state index contributed by atoms with van der Waals surface area (Å²) in [5.41, 5.74) is 1.18. The van der Waals surface area contributed by atoms with Crippen LogP contribution in [0.5, 0.6) is 0 Å². The Morgan fingerprint density at radius 2 is 1.87 bits per heavy atom. The largest absolute Gasteiger partial charge is 0.355 e. The van der Waals surface area contributed by atoms with Gasteiger partial charge in [-0.1, -0.05) is 18.2 Å². The van der Waals surface area contributed by atoms with Crippen LogP contribution in [0.1, 0.15) is 19.4 Å². The van der Waals surface area contributed by atoms with Crippen LogP contribution in [-0.2, 0) is 19.6 Å². The molecule has 8 heteroatoms. The van der Waals surface area contributed by atoms with Crippen LogP contribution < -0.4 is 14.9 Å². The first-order chi connectivity index (χ1) is 10.7. The second kappa shape index (κ2) is 7.96. The number of amides is 2. The molecule has 0 unspecified atom stereocenters. The van der Waals surface area contributed by atoms with Gasteiger partial charge in [0.2, 0.25) is 21.8 Å². The Kier molecular flexibility index (Phi) is 6.56. The molecule has 1 aromatic carbocycles. The van der Waals surface area contributed by atoms with Crippen LogP contribution in [-0.4, -0.2) is 45.6 Å². The van der Waals surface area contributed by atoms with Gasteiger partial charge in [0.1, 0.15) is 12.6 Å². The van der Waals surface area contributed by atoms with E-state index in [1.165, 1.54) is 0 Å². The summed E-state index contributed by atoms with van der Waals surface area (Å²) in [6.45, 7) is 5.16. The van der Waals surface area contributed by atoms with Crippen LogP contribution in [0.4, 0.5) is 5.69 Å². The molecular weight excluding hydrogens is 318 g/mol. The van der Waals surface area contributed by atoms with Crippen LogP contribution in [0, 0.1) is 6.92 Å². The number of likely N-dealkylation sites (N-methyl/N-ethyl adjacent to an activating group) is 1. The number of carbonyl (C=O) groups excluding carboxylic acids is 2. The Bertz CT molecular complexity index is 673. The zero-order valence-corrected chi connectivity index (χ0v) is 14.6. The Hall–Kier alpha value is -2.09. The summed E-state index contributed by atoms with van der Waals surface area (Å²) in [6.07, 6.45) is 1.04. The van der Waals surface area contributed by atoms with E-state index in [1.54, 1.807) is 45.0 Å². The molecule has 0 spiro atoms. The van der Waals surface area contributed by atoms with E-state index in [-0.39, 0.29) is 12.5 Å². The average molecular weight is 341 g/mol. The number of rotatable bonds is 7. The van der Waals surface area contributed by atoms with Gasteiger partial charge in [0, 0.05) is 6.54 Å². The molecule has 0 saturated heterocycles. The molecule has 0 radical (unpaired) electrons. The van der Waals surface area contributed by atoms with Crippen molar-refractivity contribution in [2.45, 2.75) is 26.8 Å². The molecule has 1 atom stereocenters. The number of nitrogens with zero attached hydrogens (tertiary/aromatic N) is 1. The van der Waals surface area contributed by atoms with E-state index in [1.807, 2.05) is 0 Å². The van der Waals surface area contributed by atoms with E-state index in [9.17, 15) is 18.0 Å². The molecule has 0 heterocycles. The van der Waals surface area contributed by atoms with E-state index in [4.69, 9.17) is 0 Å². The van der Waals surface area contributed by atoms with Crippen molar-refractivity contribution in [3.63, 3.8) is 0 Å². The minimum absolute atomic E-state index is 0.317. The number of nitrogens with one attached hydrogen (secondary N) is 2. The van der Waals surface area contributed by atoms with E-state index >= 15 is 0 Å². The predicted molar refractivity (Wildman–Crippen MR) is 89.7 cm³/mol. The minimum atomic E-state index is -3.63. The lowest BCUT2D eigenvalue weighted by Gasteiger charge is -2.24. The molecule has 0 saturated carbocycles. The topological polar surface area (TPSA) is 95.6 Å². The normalized spacial score (nSPS) is 12.3. The van der Waals surface area contributed by atoms with Gasteiger partial charge in [-0.15, -0.1) is 0 Å². The first-order valence-corrected chi connectivity index (χ1v) is 9.12. The predicted octanol–water partition coefficient (Wildman–Crippen LogP) is 0.402. The summed E-state index contributed by atoms with van der Waals surface area (Å²) in [5.74, 6) is -0.861. The second-order valence-corrected chi connectivity index (χ2v) is 7.15. The van der Waals surface area contributed by atoms with Crippen molar-refractivity contribution < 1.29 is 18.0 Å². The zero-order valence-electron chi connectivity index (χ0n) is 13.8. The minimum Gasteiger partial charge on any atom is -0.355 e. The summed E-state index contributed by atoms with van der Waals surface area (Å²) in [5, 5.41) is 5.09. The summed E-state index contributed by atoms with van der Waals surface area (Å²) >= 11 is 0. The standard InChI is InChI=1S/C15H23N3O4S/c1-5-16-15(20)12(3)17-14(19)10-18(23(4,21)22)13-9-7-6-8-11(13)2/h6-9,12H,5,10H2,1-4H3,(H,16,20)(H,17,19)/t12-/m1/s1. The Balaban J connectivity index is 2.90. The highest BCUT2D eigenvalue weighted by Gasteiger charge is 2.23. The number of benzene rings is 1. The number of hydrogen-bond acceptors (Lipinski definition) is 4. The summed E-state index contributed by atoms with van der Waals surface area (Å²) < 4.78 is 25.0. The summed E-state index contributed by atoms with van der Waals surface area (Å²) in [4.78, 5) is 23.7. The van der Waals surface area contributed by atoms with Gasteiger partial charge in [0.25, 0.3) is 0 Å². The summed E-state index contributed by atoms with van der Waals surface area (Å²) in [6, 6.07) is 6.16. The first kappa shape index (κ1) is 19.0. The quantitative estimate of drug-likeness (QED) is 0.750. The summed E-state index contributed by atoms with van der Waals surface area (Å²) in [7, 11) is -3.63. The van der Waals surface area contributed by atoms with Gasteiger partial charge in [-0.3, -0.25) is 13.9 Å². The highest BCUT2D eigenvalue weighted by atomic mass is 32.2. The zero-order chi connectivity index (χ0) is 17.6. The van der Waals surface area contributed by atoms with Crippen LogP contribution in [0.3, 0.4) is 0 Å². The van der Waals surface area contributed by atoms with E-state index in [0.29, 0.717) is 12.2 Å². The molecular formula is C15H23N3O4S. The van der Waals surface area contributed by atoms with E-state index < -0.39 is 22.0 Å². The number of carbonyl (C=O) groups is 2. The molecule has 0 fully saturated rings. The molecule has 1 aromatic rings. The third-order valence-corrected chi connectivity index (χ3v) is 4.32. The highest BCUT2D eigenvalue weighted by molar-refractivity contribution is 7.92. The van der Waals surface area contributed by atoms with Crippen molar-refractivity contribution >= 4 is 27.5 Å². The molecule has 0 aliphatic rings. The van der Waals surface area contributed by atoms with Crippen LogP contribution in [0.25, 0.3) is 0 Å². The van der Waals surface area contributed by atoms with E-state index in [2.05, 4.69) is 10.6 Å². The van der Waals surface area contributed by atoms with Crippen molar-refractivity contribution in [2.24, 2.45) is 0 Å². The van der Waals surface area contributed by atoms with Gasteiger partial charge >= 0.3 is 0 Å². The molecule has 128 valence electrons. The Morgan fingerprint density at radius 3 is 2.39 bits per heavy atom. The number of hydrogen-bond donors (Lipinski definition) is 2. The van der Waals surface area contributed by atoms with E-state index in [0.717, 1.165) is 16.1 Å². The molecule has 0 bridgehead atoms. The molecule has 0 aromatic heterocycles. The lowest BCUT2D eigenvalue weighted by Crippen LogP contribution is -2.48. The lowest BCUT2D eigenvalue weighted by molar-refractivity contribution is -0.127. The lowest BCUT2D eigenvalue weighted by atomic mass is 10.2. The number of sulfonamides is 1. The smallest absolute Gasteiger partial charge is 0.242 e. The maximum Gasteiger partial charge on any atom is 0.242 e. The van der Waals surface area contributed by atoms with Gasteiger partial charge in [-0.25, -0.2) is 8.42 Å². The Morgan fingerprint density at radius 1 is 1.26 bits per heavy atom. The van der Waals surface area contributed by atoms with Gasteiger partial charge in [-0.05, 0) is 32.4 Å². The fourth-order valence-electron chi connectivity index (χ4n) is 2.03. The maximum absolute atomic E-state index is 12.1. The molecule has 7 nitrogen and oxygen atoms in total. The number of aryl methyl sites for hydroxylation is 1. The SMILES string of the molecule is CCNC(=O)[C@@H](C)NC(=O)CN(c1ccccc1C)S(C)(=O)=O. The van der Waals surface area contributed by atoms with Gasteiger partial charge in [0.05, 0.1) is 11.9 Å². The third kappa shape index (κ3) is 5.55. The molecule has 23 heavy (non-hydrogen) atoms. The van der Waals surface area contributed by atoms with Crippen molar-refractivity contribution in [1.29, 1.82) is 0 Å². The van der Waals surface area contributed by atoms with Crippen molar-refractivity contribution in [1.82, 2.24) is 10.6 Å². The van der Waals surface area contributed by atoms with Crippen molar-refractivity contribution in [2.75, 3.05) is 23.7 Å². The molecule has 1 rings (SSSR count). The highest BCUT2D eigenvalue weighted by Crippen LogP contribution is 2.21. The van der Waals surface area contributed by atoms with Gasteiger partial charge in [-0.2, -0.15) is 0 Å². The molecule has 2 amide bonds. The molecule has 0 aliphatic heterocycles. The van der Waals surface area contributed by atoms with Crippen molar-refractivity contribution in [3.05, 3.63) is 29.8 Å². The van der Waals surface area contributed by atoms with Gasteiger partial charge in [0.15, 0.2) is 0 Å². The number of anilines is 1. The van der Waals surface area contributed by atoms with Crippen LogP contribution in [0.15, 0.2) is 24.3 Å². The molecule has 0 aliphatic carbocycles. The number of para-hydroxylation sites is 1. The maximum atomic E-state index is 12.1. The fraction of sp³-hybridized carbons (Fsp3) is 0.467. The average Bonchev–Trinajstić information content (AvgIpc) is 2.44. The van der Waals surface area contributed by atoms with Crippen LogP contribution in [0.2, 0.25) is 0 Å². The molecule has 2 N–H and O–H groups in total. The second-order valence-electron chi connectivity index (χ2n) is 5.24. The fourth-order valence-corrected chi connectivity index (χ4v) is 2.95. The monoisotopic (exact) mass is 341 g/mol. The third-order valence-electron chi connectivity index (χ3n) is 3.19. The Labute approximate surface area is 137 Å². The van der Waals surface area contributed by atoms with Crippen LogP contribution >= 0.6 is 0 Å². The van der Waals surface area contributed by atoms with Crippen molar-refractivity contribution in [3.8, 4) is 0 Å². The van der Waals surface area contributed by atoms with Gasteiger partial charge < -0.3 is 10.6 Å².